The summed E-state index contributed by atoms with van der Waals surface area (Å²) in [6, 6.07) is 5.34. The van der Waals surface area contributed by atoms with Gasteiger partial charge in [-0.25, -0.2) is 0 Å². The maximum atomic E-state index is 13.2. The van der Waals surface area contributed by atoms with Crippen LogP contribution in [-0.4, -0.2) is 48.0 Å². The first-order chi connectivity index (χ1) is 15.3. The van der Waals surface area contributed by atoms with E-state index in [9.17, 15) is 14.4 Å². The number of amides is 2. The molecule has 1 aliphatic heterocycles. The molecular weight excluding hydrogens is 444 g/mol. The first-order valence-corrected chi connectivity index (χ1v) is 11.9. The molecule has 8 heteroatoms. The van der Waals surface area contributed by atoms with Crippen molar-refractivity contribution >= 4 is 29.4 Å². The molecule has 7 nitrogen and oxygen atoms in total. The second-order valence-electron chi connectivity index (χ2n) is 10.1. The summed E-state index contributed by atoms with van der Waals surface area (Å²) in [4.78, 5) is 40.0. The van der Waals surface area contributed by atoms with Gasteiger partial charge >= 0.3 is 5.97 Å². The van der Waals surface area contributed by atoms with Crippen molar-refractivity contribution in [3.63, 3.8) is 0 Å². The number of hydrogen-bond acceptors (Lipinski definition) is 5. The summed E-state index contributed by atoms with van der Waals surface area (Å²) in [5.41, 5.74) is -0.663. The Labute approximate surface area is 202 Å². The lowest BCUT2D eigenvalue weighted by molar-refractivity contribution is -0.162. The van der Waals surface area contributed by atoms with Gasteiger partial charge in [0.05, 0.1) is 24.4 Å². The van der Waals surface area contributed by atoms with E-state index in [2.05, 4.69) is 5.32 Å². The summed E-state index contributed by atoms with van der Waals surface area (Å²) in [6.45, 7) is 12.5. The normalized spacial score (nSPS) is 16.8. The van der Waals surface area contributed by atoms with E-state index < -0.39 is 17.0 Å². The predicted octanol–water partition coefficient (Wildman–Crippen LogP) is 4.35. The maximum Gasteiger partial charge on any atom is 0.307 e. The number of carbonyl (C=O) groups is 3. The van der Waals surface area contributed by atoms with E-state index in [1.54, 1.807) is 51.7 Å². The summed E-state index contributed by atoms with van der Waals surface area (Å²) < 4.78 is 11.0. The van der Waals surface area contributed by atoms with Crippen LogP contribution in [0.2, 0.25) is 5.02 Å². The molecule has 1 aromatic rings. The number of ether oxygens (including phenoxy) is 2. The van der Waals surface area contributed by atoms with Crippen molar-refractivity contribution in [1.29, 1.82) is 0 Å². The first kappa shape index (κ1) is 27.0. The molecule has 0 unspecified atom stereocenters. The summed E-state index contributed by atoms with van der Waals surface area (Å²) in [5.74, 6) is -0.297. The maximum absolute atomic E-state index is 13.2. The average Bonchev–Trinajstić information content (AvgIpc) is 2.71. The van der Waals surface area contributed by atoms with Crippen LogP contribution in [0.4, 0.5) is 0 Å². The van der Waals surface area contributed by atoms with Crippen LogP contribution in [-0.2, 0) is 25.7 Å². The average molecular weight is 481 g/mol. The number of piperidine rings is 1. The highest BCUT2D eigenvalue weighted by molar-refractivity contribution is 6.30. The summed E-state index contributed by atoms with van der Waals surface area (Å²) in [5, 5.41) is 3.54. The van der Waals surface area contributed by atoms with Crippen molar-refractivity contribution in [2.45, 2.75) is 73.0 Å². The van der Waals surface area contributed by atoms with Crippen LogP contribution in [0.15, 0.2) is 18.2 Å². The Morgan fingerprint density at radius 3 is 2.52 bits per heavy atom. The highest BCUT2D eigenvalue weighted by atomic mass is 35.5. The Morgan fingerprint density at radius 2 is 1.88 bits per heavy atom. The molecule has 1 aliphatic rings. The number of nitrogens with one attached hydrogen (secondary N) is 1. The van der Waals surface area contributed by atoms with Crippen molar-refractivity contribution in [1.82, 2.24) is 10.2 Å². The van der Waals surface area contributed by atoms with Gasteiger partial charge in [0.1, 0.15) is 11.4 Å². The molecule has 0 bridgehead atoms. The van der Waals surface area contributed by atoms with E-state index in [0.717, 1.165) is 12.0 Å². The molecule has 1 heterocycles. The van der Waals surface area contributed by atoms with E-state index in [1.807, 2.05) is 13.0 Å². The van der Waals surface area contributed by atoms with Gasteiger partial charge in [-0.2, -0.15) is 0 Å². The van der Waals surface area contributed by atoms with Crippen LogP contribution >= 0.6 is 11.6 Å². The van der Waals surface area contributed by atoms with E-state index in [-0.39, 0.29) is 24.2 Å². The van der Waals surface area contributed by atoms with Crippen LogP contribution in [0.25, 0.3) is 0 Å². The summed E-state index contributed by atoms with van der Waals surface area (Å²) in [6.07, 6.45) is 1.44. The third kappa shape index (κ3) is 8.22. The Kier molecular flexibility index (Phi) is 9.18. The van der Waals surface area contributed by atoms with Crippen LogP contribution in [0.3, 0.4) is 0 Å². The van der Waals surface area contributed by atoms with E-state index in [1.165, 1.54) is 0 Å². The molecule has 0 aromatic heterocycles. The molecule has 184 valence electrons. The van der Waals surface area contributed by atoms with Gasteiger partial charge in [0.15, 0.2) is 0 Å². The van der Waals surface area contributed by atoms with Crippen LogP contribution in [0.1, 0.15) is 66.4 Å². The molecule has 0 saturated carbocycles. The second-order valence-corrected chi connectivity index (χ2v) is 10.6. The smallest absolute Gasteiger partial charge is 0.307 e. The molecule has 0 spiro atoms. The number of esters is 1. The molecule has 1 atom stereocenters. The second kappa shape index (κ2) is 11.2. The number of carbonyl (C=O) groups excluding carboxylic acids is 3. The van der Waals surface area contributed by atoms with Crippen molar-refractivity contribution < 1.29 is 23.9 Å². The van der Waals surface area contributed by atoms with Crippen molar-refractivity contribution in [3.8, 4) is 5.75 Å². The summed E-state index contributed by atoms with van der Waals surface area (Å²) >= 11 is 6.05. The lowest BCUT2D eigenvalue weighted by atomic mass is 9.86. The van der Waals surface area contributed by atoms with Crippen LogP contribution in [0, 0.1) is 11.3 Å². The topological polar surface area (TPSA) is 84.9 Å². The Bertz CT molecular complexity index is 863. The van der Waals surface area contributed by atoms with Crippen molar-refractivity contribution in [3.05, 3.63) is 28.8 Å². The fourth-order valence-electron chi connectivity index (χ4n) is 3.91. The molecule has 1 N–H and O–H groups in total. The molecular formula is C25H37ClN2O5. The number of likely N-dealkylation sites (tertiary alicyclic amines) is 1. The standard InChI is InChI=1S/C25H37ClN2O5/c1-7-32-20-13-19(26)11-10-17(20)15-27-22(30)18-9-8-12-28(16-18)23(31)25(5,6)14-21(29)33-24(2,3)4/h10-11,13,18H,7-9,12,14-16H2,1-6H3,(H,27,30)/t18-/m1/s1. The Morgan fingerprint density at radius 1 is 1.18 bits per heavy atom. The van der Waals surface area contributed by atoms with Crippen LogP contribution < -0.4 is 10.1 Å². The number of rotatable bonds is 8. The zero-order chi connectivity index (χ0) is 24.8. The number of benzene rings is 1. The zero-order valence-electron chi connectivity index (χ0n) is 20.6. The van der Waals surface area contributed by atoms with Gasteiger partial charge < -0.3 is 19.7 Å². The van der Waals surface area contributed by atoms with E-state index in [0.29, 0.717) is 43.4 Å². The lowest BCUT2D eigenvalue weighted by Crippen LogP contribution is -2.49. The first-order valence-electron chi connectivity index (χ1n) is 11.5. The van der Waals surface area contributed by atoms with E-state index in [4.69, 9.17) is 21.1 Å². The van der Waals surface area contributed by atoms with Gasteiger partial charge in [0.2, 0.25) is 11.8 Å². The number of nitrogens with zero attached hydrogens (tertiary/aromatic N) is 1. The molecule has 0 radical (unpaired) electrons. The third-order valence-electron chi connectivity index (χ3n) is 5.45. The molecule has 1 aromatic carbocycles. The van der Waals surface area contributed by atoms with Gasteiger partial charge in [0, 0.05) is 30.2 Å². The van der Waals surface area contributed by atoms with Crippen LogP contribution in [0.5, 0.6) is 5.75 Å². The minimum atomic E-state index is -0.906. The minimum absolute atomic E-state index is 0.00671. The molecule has 1 saturated heterocycles. The molecule has 2 rings (SSSR count). The largest absolute Gasteiger partial charge is 0.493 e. The SMILES string of the molecule is CCOc1cc(Cl)ccc1CNC(=O)[C@@H]1CCCN(C(=O)C(C)(C)CC(=O)OC(C)(C)C)C1. The fraction of sp³-hybridized carbons (Fsp3) is 0.640. The third-order valence-corrected chi connectivity index (χ3v) is 5.68. The fourth-order valence-corrected chi connectivity index (χ4v) is 4.07. The minimum Gasteiger partial charge on any atom is -0.493 e. The number of hydrogen-bond donors (Lipinski definition) is 1. The Hall–Kier alpha value is -2.28. The molecule has 0 aliphatic carbocycles. The van der Waals surface area contributed by atoms with Crippen molar-refractivity contribution in [2.75, 3.05) is 19.7 Å². The van der Waals surface area contributed by atoms with E-state index >= 15 is 0 Å². The Balaban J connectivity index is 1.97. The van der Waals surface area contributed by atoms with Gasteiger partial charge in [-0.3, -0.25) is 14.4 Å². The monoisotopic (exact) mass is 480 g/mol. The highest BCUT2D eigenvalue weighted by Crippen LogP contribution is 2.29. The molecule has 1 fully saturated rings. The van der Waals surface area contributed by atoms with Gasteiger partial charge in [-0.15, -0.1) is 0 Å². The molecule has 33 heavy (non-hydrogen) atoms. The summed E-state index contributed by atoms with van der Waals surface area (Å²) in [7, 11) is 0. The predicted molar refractivity (Wildman–Crippen MR) is 128 cm³/mol. The lowest BCUT2D eigenvalue weighted by Gasteiger charge is -2.37. The van der Waals surface area contributed by atoms with Crippen molar-refractivity contribution in [2.24, 2.45) is 11.3 Å². The van der Waals surface area contributed by atoms with Gasteiger partial charge in [0.25, 0.3) is 0 Å². The zero-order valence-corrected chi connectivity index (χ0v) is 21.4. The number of halogens is 1. The van der Waals surface area contributed by atoms with Gasteiger partial charge in [-0.1, -0.05) is 31.5 Å². The molecule has 2 amide bonds. The quantitative estimate of drug-likeness (QED) is 0.559. The van der Waals surface area contributed by atoms with Gasteiger partial charge in [-0.05, 0) is 52.7 Å². The highest BCUT2D eigenvalue weighted by Gasteiger charge is 2.38.